The number of hydrogen-bond donors (Lipinski definition) is 1. The van der Waals surface area contributed by atoms with Gasteiger partial charge in [-0.3, -0.25) is 9.59 Å². The maximum atomic E-state index is 12.5. The molecule has 1 unspecified atom stereocenters. The molecule has 0 saturated carbocycles. The summed E-state index contributed by atoms with van der Waals surface area (Å²) in [5, 5.41) is 2.77. The van der Waals surface area contributed by atoms with Crippen molar-refractivity contribution in [2.45, 2.75) is 56.9 Å². The number of amides is 1. The molecule has 4 rings (SSSR count). The molecule has 0 spiro atoms. The van der Waals surface area contributed by atoms with E-state index in [1.807, 2.05) is 56.8 Å². The topological polar surface area (TPSA) is 115 Å². The number of likely N-dealkylation sites (N-methyl/N-ethyl adjacent to an activating group) is 1. The second-order valence-electron chi connectivity index (χ2n) is 9.94. The largest absolute Gasteiger partial charge is 0.480 e. The molecule has 208 valence electrons. The first-order chi connectivity index (χ1) is 18.8. The number of ether oxygens (including phenoxy) is 1. The molecule has 1 aromatic carbocycles. The van der Waals surface area contributed by atoms with Gasteiger partial charge in [0.15, 0.2) is 5.76 Å². The number of nitrogens with zero attached hydrogens (tertiary/aromatic N) is 4. The number of unbranched alkanes of at least 4 members (excludes halogenated alkanes) is 2. The number of carbonyl (C=O) groups excluding carboxylic acids is 2. The van der Waals surface area contributed by atoms with Crippen molar-refractivity contribution < 1.29 is 18.7 Å². The van der Waals surface area contributed by atoms with E-state index in [9.17, 15) is 9.59 Å². The zero-order valence-electron chi connectivity index (χ0n) is 23.1. The molecule has 1 amide bonds. The number of methoxy groups -OCH3 is 1. The summed E-state index contributed by atoms with van der Waals surface area (Å²) < 4.78 is 12.0. The Balaban J connectivity index is 1.67. The van der Waals surface area contributed by atoms with Crippen LogP contribution >= 0.6 is 11.8 Å². The fraction of sp³-hybridized carbons (Fsp3) is 0.448. The van der Waals surface area contributed by atoms with Crippen LogP contribution in [0.4, 0.5) is 0 Å². The standard InChI is InChI=1S/C29H37N5O4S/c1-5-20(35)12-7-6-8-14-23(34-24(27(30)36)18-39-26(34)17-33(2)3)29-31-16-25(38-29)21-15-19-11-9-10-13-22(19)32-28(21)37-4/h9-11,13,15-16,18,23,26H,5-8,12,14,17H2,1-4H3,(H2,30,36)/t23?,26-/m0/s1. The normalized spacial score (nSPS) is 16.1. The first-order valence-corrected chi connectivity index (χ1v) is 14.3. The maximum Gasteiger partial charge on any atom is 0.265 e. The van der Waals surface area contributed by atoms with E-state index in [1.54, 1.807) is 25.1 Å². The van der Waals surface area contributed by atoms with Crippen LogP contribution < -0.4 is 10.5 Å². The lowest BCUT2D eigenvalue weighted by molar-refractivity contribution is -0.119. The van der Waals surface area contributed by atoms with Gasteiger partial charge in [0.2, 0.25) is 11.8 Å². The molecule has 3 aromatic rings. The maximum absolute atomic E-state index is 12.5. The van der Waals surface area contributed by atoms with Gasteiger partial charge < -0.3 is 24.7 Å². The third-order valence-corrected chi connectivity index (χ3v) is 7.87. The molecule has 9 nitrogen and oxygen atoms in total. The Labute approximate surface area is 233 Å². The van der Waals surface area contributed by atoms with Gasteiger partial charge in [0, 0.05) is 30.2 Å². The molecule has 0 fully saturated rings. The lowest BCUT2D eigenvalue weighted by Gasteiger charge is -2.35. The molecule has 0 radical (unpaired) electrons. The number of para-hydroxylation sites is 1. The Bertz CT molecular complexity index is 1340. The van der Waals surface area contributed by atoms with E-state index in [2.05, 4.69) is 14.8 Å². The Morgan fingerprint density at radius 2 is 2.03 bits per heavy atom. The van der Waals surface area contributed by atoms with Crippen LogP contribution in [0.2, 0.25) is 0 Å². The van der Waals surface area contributed by atoms with Crippen molar-refractivity contribution in [2.75, 3.05) is 27.7 Å². The van der Waals surface area contributed by atoms with Crippen LogP contribution in [0.1, 0.15) is 57.4 Å². The molecule has 0 saturated heterocycles. The summed E-state index contributed by atoms with van der Waals surface area (Å²) in [7, 11) is 5.59. The number of Topliss-reactive ketones (excluding diaryl/α,β-unsaturated/α-hetero) is 1. The molecule has 1 aliphatic rings. The number of rotatable bonds is 14. The Kier molecular flexibility index (Phi) is 9.63. The lowest BCUT2D eigenvalue weighted by Crippen LogP contribution is -2.42. The number of aromatic nitrogens is 2. The van der Waals surface area contributed by atoms with E-state index in [-0.39, 0.29) is 17.2 Å². The van der Waals surface area contributed by atoms with Crippen molar-refractivity contribution in [3.63, 3.8) is 0 Å². The zero-order chi connectivity index (χ0) is 27.9. The molecule has 2 aromatic heterocycles. The summed E-state index contributed by atoms with van der Waals surface area (Å²) >= 11 is 1.58. The second kappa shape index (κ2) is 13.1. The van der Waals surface area contributed by atoms with Crippen LogP contribution in [0.5, 0.6) is 5.88 Å². The zero-order valence-corrected chi connectivity index (χ0v) is 23.9. The third-order valence-electron chi connectivity index (χ3n) is 6.82. The minimum absolute atomic E-state index is 0.0265. The van der Waals surface area contributed by atoms with Gasteiger partial charge in [-0.15, -0.1) is 11.8 Å². The van der Waals surface area contributed by atoms with Crippen molar-refractivity contribution >= 4 is 34.4 Å². The predicted octanol–water partition coefficient (Wildman–Crippen LogP) is 5.13. The van der Waals surface area contributed by atoms with Gasteiger partial charge in [-0.05, 0) is 39.1 Å². The highest BCUT2D eigenvalue weighted by Crippen LogP contribution is 2.42. The molecule has 0 aliphatic carbocycles. The summed E-state index contributed by atoms with van der Waals surface area (Å²) in [6, 6.07) is 9.51. The van der Waals surface area contributed by atoms with E-state index in [0.717, 1.165) is 36.7 Å². The Morgan fingerprint density at radius 3 is 2.74 bits per heavy atom. The molecule has 0 bridgehead atoms. The SMILES string of the molecule is CCC(=O)CCCCCC(c1ncc(-c2cc3ccccc3nc2OC)o1)N1C(C(N)=O)=CS[C@H]1CN(C)C. The lowest BCUT2D eigenvalue weighted by atomic mass is 10.0. The fourth-order valence-corrected chi connectivity index (χ4v) is 6.11. The quantitative estimate of drug-likeness (QED) is 0.272. The minimum atomic E-state index is -0.477. The van der Waals surface area contributed by atoms with Gasteiger partial charge in [-0.2, -0.15) is 0 Å². The van der Waals surface area contributed by atoms with Crippen molar-refractivity contribution in [2.24, 2.45) is 5.73 Å². The molecule has 1 aliphatic heterocycles. The summed E-state index contributed by atoms with van der Waals surface area (Å²) in [4.78, 5) is 37.7. The molecule has 3 heterocycles. The number of carbonyl (C=O) groups is 2. The van der Waals surface area contributed by atoms with Gasteiger partial charge in [-0.25, -0.2) is 9.97 Å². The summed E-state index contributed by atoms with van der Waals surface area (Å²) in [5.74, 6) is 1.30. The van der Waals surface area contributed by atoms with Crippen LogP contribution in [-0.4, -0.2) is 64.6 Å². The van der Waals surface area contributed by atoms with Crippen molar-refractivity contribution in [1.29, 1.82) is 0 Å². The highest BCUT2D eigenvalue weighted by atomic mass is 32.2. The fourth-order valence-electron chi connectivity index (χ4n) is 4.81. The molecule has 39 heavy (non-hydrogen) atoms. The predicted molar refractivity (Wildman–Crippen MR) is 154 cm³/mol. The summed E-state index contributed by atoms with van der Waals surface area (Å²) in [6.45, 7) is 2.61. The first-order valence-electron chi connectivity index (χ1n) is 13.3. The summed E-state index contributed by atoms with van der Waals surface area (Å²) in [5.41, 5.74) is 7.82. The monoisotopic (exact) mass is 551 g/mol. The molecule has 2 atom stereocenters. The third kappa shape index (κ3) is 6.80. The van der Waals surface area contributed by atoms with E-state index in [0.29, 0.717) is 48.1 Å². The van der Waals surface area contributed by atoms with E-state index in [1.165, 1.54) is 0 Å². The van der Waals surface area contributed by atoms with Gasteiger partial charge >= 0.3 is 0 Å². The van der Waals surface area contributed by atoms with Crippen LogP contribution in [0.25, 0.3) is 22.2 Å². The highest BCUT2D eigenvalue weighted by molar-refractivity contribution is 8.03. The van der Waals surface area contributed by atoms with Gasteiger partial charge in [0.25, 0.3) is 5.91 Å². The van der Waals surface area contributed by atoms with Gasteiger partial charge in [0.05, 0.1) is 29.8 Å². The first kappa shape index (κ1) is 28.6. The van der Waals surface area contributed by atoms with Crippen LogP contribution in [0.3, 0.4) is 0 Å². The Morgan fingerprint density at radius 1 is 1.23 bits per heavy atom. The molecule has 2 N–H and O–H groups in total. The van der Waals surface area contributed by atoms with Gasteiger partial charge in [0.1, 0.15) is 17.5 Å². The number of benzene rings is 1. The van der Waals surface area contributed by atoms with E-state index >= 15 is 0 Å². The van der Waals surface area contributed by atoms with Crippen LogP contribution in [0.15, 0.2) is 52.1 Å². The van der Waals surface area contributed by atoms with E-state index in [4.69, 9.17) is 19.9 Å². The average Bonchev–Trinajstić information content (AvgIpc) is 3.57. The number of hydrogen-bond acceptors (Lipinski definition) is 9. The number of primary amides is 1. The second-order valence-corrected chi connectivity index (χ2v) is 11.0. The highest BCUT2D eigenvalue weighted by Gasteiger charge is 2.38. The molecule has 10 heteroatoms. The van der Waals surface area contributed by atoms with Crippen LogP contribution in [0, 0.1) is 0 Å². The molecular formula is C29H37N5O4S. The van der Waals surface area contributed by atoms with Crippen LogP contribution in [-0.2, 0) is 9.59 Å². The Hall–Kier alpha value is -3.37. The summed E-state index contributed by atoms with van der Waals surface area (Å²) in [6.07, 6.45) is 6.13. The van der Waals surface area contributed by atoms with E-state index < -0.39 is 5.91 Å². The number of pyridine rings is 1. The minimum Gasteiger partial charge on any atom is -0.480 e. The number of thioether (sulfide) groups is 1. The smallest absolute Gasteiger partial charge is 0.265 e. The van der Waals surface area contributed by atoms with Gasteiger partial charge in [-0.1, -0.05) is 38.0 Å². The number of ketones is 1. The number of oxazole rings is 1. The van der Waals surface area contributed by atoms with Crippen molar-refractivity contribution in [3.05, 3.63) is 53.5 Å². The average molecular weight is 552 g/mol. The number of nitrogens with two attached hydrogens (primary N) is 1. The van der Waals surface area contributed by atoms with Crippen molar-refractivity contribution in [1.82, 2.24) is 19.8 Å². The molecular weight excluding hydrogens is 514 g/mol. The van der Waals surface area contributed by atoms with Crippen molar-refractivity contribution in [3.8, 4) is 17.2 Å². The number of fused-ring (bicyclic) bond motifs is 1.